The van der Waals surface area contributed by atoms with Crippen LogP contribution in [0.25, 0.3) is 0 Å². The van der Waals surface area contributed by atoms with E-state index in [-0.39, 0.29) is 9.02 Å². The molecule has 0 aliphatic heterocycles. The first-order valence-corrected chi connectivity index (χ1v) is 5.20. The van der Waals surface area contributed by atoms with Gasteiger partial charge in [-0.1, -0.05) is 36.7 Å². The molecule has 0 saturated heterocycles. The lowest BCUT2D eigenvalue weighted by Crippen LogP contribution is -2.33. The van der Waals surface area contributed by atoms with Crippen LogP contribution >= 0.6 is 49.3 Å². The second-order valence-corrected chi connectivity index (χ2v) is 4.46. The fraction of sp³-hybridized carbons (Fsp3) is 0.286. The first-order chi connectivity index (χ1) is 7.01. The first-order valence-electron chi connectivity index (χ1n) is 3.53. The monoisotopic (exact) mass is 308 g/mol. The third-order valence-electron chi connectivity index (χ3n) is 1.76. The van der Waals surface area contributed by atoms with E-state index in [0.29, 0.717) is 0 Å². The summed E-state index contributed by atoms with van der Waals surface area (Å²) in [6.07, 6.45) is -5.75. The van der Waals surface area contributed by atoms with Crippen LogP contribution in [-0.4, -0.2) is 6.18 Å². The van der Waals surface area contributed by atoms with Crippen molar-refractivity contribution >= 4 is 49.3 Å². The van der Waals surface area contributed by atoms with Crippen LogP contribution in [-0.2, 0) is 5.92 Å². The minimum atomic E-state index is -5.75. The van der Waals surface area contributed by atoms with Crippen molar-refractivity contribution in [3.8, 4) is 0 Å². The van der Waals surface area contributed by atoms with E-state index in [9.17, 15) is 22.0 Å². The van der Waals surface area contributed by atoms with Crippen LogP contribution in [0.4, 0.5) is 22.0 Å². The van der Waals surface area contributed by atoms with Gasteiger partial charge in [-0.3, -0.25) is 0 Å². The van der Waals surface area contributed by atoms with Crippen molar-refractivity contribution in [3.05, 3.63) is 19.1 Å². The molecule has 0 fully saturated rings. The van der Waals surface area contributed by atoms with Gasteiger partial charge < -0.3 is 0 Å². The number of rotatable bonds is 1. The number of halogens is 5. The molecule has 16 heavy (non-hydrogen) atoms. The summed E-state index contributed by atoms with van der Waals surface area (Å²) in [6.45, 7) is 0. The lowest BCUT2D eigenvalue weighted by molar-refractivity contribution is -0.290. The van der Waals surface area contributed by atoms with Gasteiger partial charge in [-0.25, -0.2) is 0 Å². The molecule has 0 aromatic heterocycles. The van der Waals surface area contributed by atoms with E-state index < -0.39 is 27.1 Å². The van der Waals surface area contributed by atoms with Crippen LogP contribution in [0, 0.1) is 13.5 Å². The Morgan fingerprint density at radius 2 is 1.25 bits per heavy atom. The SMILES string of the molecule is FC(F)(F)C(F)(F)c1c(S)c(=S)c(=S)c1=S. The highest BCUT2D eigenvalue weighted by molar-refractivity contribution is 7.81. The Hall–Kier alpha value is 0.01000. The summed E-state index contributed by atoms with van der Waals surface area (Å²) in [5, 5.41) is 0. The van der Waals surface area contributed by atoms with E-state index in [4.69, 9.17) is 0 Å². The quantitative estimate of drug-likeness (QED) is 0.454. The van der Waals surface area contributed by atoms with Crippen LogP contribution in [0.2, 0.25) is 0 Å². The molecule has 9 heteroatoms. The average Bonchev–Trinajstić information content (AvgIpc) is 2.29. The van der Waals surface area contributed by atoms with Gasteiger partial charge in [0.1, 0.15) is 0 Å². The Morgan fingerprint density at radius 1 is 0.812 bits per heavy atom. The Labute approximate surface area is 107 Å². The number of alkyl halides is 5. The topological polar surface area (TPSA) is 0 Å². The lowest BCUT2D eigenvalue weighted by Gasteiger charge is -2.19. The zero-order valence-corrected chi connectivity index (χ0v) is 10.4. The predicted octanol–water partition coefficient (Wildman–Crippen LogP) is 4.69. The predicted molar refractivity (Wildman–Crippen MR) is 58.5 cm³/mol. The van der Waals surface area contributed by atoms with Crippen molar-refractivity contribution in [2.45, 2.75) is 17.0 Å². The van der Waals surface area contributed by atoms with Gasteiger partial charge >= 0.3 is 12.1 Å². The van der Waals surface area contributed by atoms with Gasteiger partial charge in [-0.15, -0.1) is 12.6 Å². The molecule has 0 nitrogen and oxygen atoms in total. The van der Waals surface area contributed by atoms with Gasteiger partial charge in [0.05, 0.1) is 19.1 Å². The molecule has 0 spiro atoms. The Kier molecular flexibility index (Phi) is 3.55. The Bertz CT molecular complexity index is 563. The van der Waals surface area contributed by atoms with E-state index in [1.54, 1.807) is 0 Å². The molecule has 0 bridgehead atoms. The highest BCUT2D eigenvalue weighted by Gasteiger charge is 2.60. The molecule has 0 aliphatic rings. The van der Waals surface area contributed by atoms with Crippen molar-refractivity contribution in [1.82, 2.24) is 0 Å². The number of hydrogen-bond donors (Lipinski definition) is 1. The summed E-state index contributed by atoms with van der Waals surface area (Å²) in [7, 11) is 0. The summed E-state index contributed by atoms with van der Waals surface area (Å²) in [6, 6.07) is 0. The van der Waals surface area contributed by atoms with Crippen molar-refractivity contribution in [2.75, 3.05) is 0 Å². The van der Waals surface area contributed by atoms with Crippen molar-refractivity contribution in [2.24, 2.45) is 0 Å². The highest BCUT2D eigenvalue weighted by Crippen LogP contribution is 2.47. The van der Waals surface area contributed by atoms with E-state index in [0.717, 1.165) is 0 Å². The minimum Gasteiger partial charge on any atom is -0.191 e. The number of hydrogen-bond acceptors (Lipinski definition) is 4. The molecule has 0 radical (unpaired) electrons. The smallest absolute Gasteiger partial charge is 0.191 e. The molecule has 0 N–H and O–H groups in total. The van der Waals surface area contributed by atoms with Gasteiger partial charge in [-0.05, 0) is 0 Å². The van der Waals surface area contributed by atoms with Crippen molar-refractivity contribution < 1.29 is 22.0 Å². The van der Waals surface area contributed by atoms with Crippen LogP contribution in [0.5, 0.6) is 0 Å². The van der Waals surface area contributed by atoms with Gasteiger partial charge in [-0.2, -0.15) is 22.0 Å². The Balaban J connectivity index is 3.72. The molecule has 1 aromatic rings. The molecule has 0 heterocycles. The molecule has 0 aliphatic carbocycles. The van der Waals surface area contributed by atoms with Gasteiger partial charge in [0.15, 0.2) is 0 Å². The molecule has 0 atom stereocenters. The molecule has 1 rings (SSSR count). The summed E-state index contributed by atoms with van der Waals surface area (Å²) in [5.74, 6) is -5.09. The van der Waals surface area contributed by atoms with Crippen LogP contribution in [0.15, 0.2) is 4.90 Å². The molecule has 0 amide bonds. The van der Waals surface area contributed by atoms with Crippen LogP contribution in [0.3, 0.4) is 0 Å². The van der Waals surface area contributed by atoms with Gasteiger partial charge in [0.25, 0.3) is 0 Å². The summed E-state index contributed by atoms with van der Waals surface area (Å²) >= 11 is 17.0. The third-order valence-corrected chi connectivity index (χ3v) is 3.84. The van der Waals surface area contributed by atoms with Gasteiger partial charge in [0.2, 0.25) is 0 Å². The zero-order chi connectivity index (χ0) is 12.9. The normalized spacial score (nSPS) is 13.1. The standard InChI is InChI=1S/C7HF5S4/c8-6(9,7(10,11)12)1-2(13)4(15)5(16)3(1)14/h13H. The summed E-state index contributed by atoms with van der Waals surface area (Å²) < 4.78 is 61.0. The van der Waals surface area contributed by atoms with Crippen molar-refractivity contribution in [3.63, 3.8) is 0 Å². The second-order valence-electron chi connectivity index (χ2n) is 2.78. The molecular weight excluding hydrogens is 307 g/mol. The van der Waals surface area contributed by atoms with E-state index in [2.05, 4.69) is 49.3 Å². The van der Waals surface area contributed by atoms with Gasteiger partial charge in [0, 0.05) is 4.90 Å². The third kappa shape index (κ3) is 1.93. The van der Waals surface area contributed by atoms with E-state index in [1.165, 1.54) is 0 Å². The van der Waals surface area contributed by atoms with Crippen LogP contribution in [0.1, 0.15) is 5.56 Å². The van der Waals surface area contributed by atoms with E-state index >= 15 is 0 Å². The number of thiol groups is 1. The molecule has 0 unspecified atom stereocenters. The largest absolute Gasteiger partial charge is 0.458 e. The lowest BCUT2D eigenvalue weighted by atomic mass is 10.1. The fourth-order valence-electron chi connectivity index (χ4n) is 0.978. The minimum absolute atomic E-state index is 0.345. The highest BCUT2D eigenvalue weighted by atomic mass is 32.1. The summed E-state index contributed by atoms with van der Waals surface area (Å²) in [5.41, 5.74) is -1.42. The summed E-state index contributed by atoms with van der Waals surface area (Å²) in [4.78, 5) is -0.674. The van der Waals surface area contributed by atoms with E-state index in [1.807, 2.05) is 0 Å². The van der Waals surface area contributed by atoms with Crippen molar-refractivity contribution in [1.29, 1.82) is 0 Å². The molecule has 1 aromatic carbocycles. The Morgan fingerprint density at radius 3 is 1.50 bits per heavy atom. The zero-order valence-electron chi connectivity index (χ0n) is 7.06. The second kappa shape index (κ2) is 4.04. The average molecular weight is 308 g/mol. The maximum Gasteiger partial charge on any atom is 0.458 e. The fourth-order valence-corrected chi connectivity index (χ4v) is 2.30. The molecule has 88 valence electrons. The van der Waals surface area contributed by atoms with Crippen LogP contribution < -0.4 is 0 Å². The molecule has 0 saturated carbocycles. The first kappa shape index (κ1) is 14.1. The maximum absolute atomic E-state index is 13.0. The maximum atomic E-state index is 13.0. The molecular formula is C7HF5S4.